The van der Waals surface area contributed by atoms with Gasteiger partial charge >= 0.3 is 5.97 Å². The van der Waals surface area contributed by atoms with E-state index in [1.54, 1.807) is 11.8 Å². The molecular formula is C11H18N2O4S. The highest BCUT2D eigenvalue weighted by molar-refractivity contribution is 7.98. The molecular weight excluding hydrogens is 256 g/mol. The lowest BCUT2D eigenvalue weighted by atomic mass is 10.1. The van der Waals surface area contributed by atoms with E-state index in [9.17, 15) is 14.4 Å². The van der Waals surface area contributed by atoms with Gasteiger partial charge in [-0.1, -0.05) is 0 Å². The Balaban J connectivity index is 2.76. The average molecular weight is 274 g/mol. The molecule has 6 nitrogen and oxygen atoms in total. The second-order valence-electron chi connectivity index (χ2n) is 4.17. The second kappa shape index (κ2) is 6.63. The zero-order chi connectivity index (χ0) is 13.7. The summed E-state index contributed by atoms with van der Waals surface area (Å²) in [6.45, 7) is 0.211. The lowest BCUT2D eigenvalue weighted by Gasteiger charge is -2.25. The van der Waals surface area contributed by atoms with Crippen molar-refractivity contribution in [1.82, 2.24) is 4.90 Å². The Morgan fingerprint density at radius 2 is 2.28 bits per heavy atom. The van der Waals surface area contributed by atoms with Crippen LogP contribution in [0.1, 0.15) is 12.8 Å². The molecule has 2 atom stereocenters. The first-order valence-corrected chi connectivity index (χ1v) is 7.06. The fourth-order valence-corrected chi connectivity index (χ4v) is 2.45. The highest BCUT2D eigenvalue weighted by atomic mass is 32.2. The number of rotatable bonds is 6. The summed E-state index contributed by atoms with van der Waals surface area (Å²) in [5, 5.41) is 0. The molecule has 2 amide bonds. The lowest BCUT2D eigenvalue weighted by molar-refractivity contribution is -0.151. The van der Waals surface area contributed by atoms with Gasteiger partial charge in [0, 0.05) is 13.0 Å². The van der Waals surface area contributed by atoms with E-state index >= 15 is 0 Å². The van der Waals surface area contributed by atoms with E-state index < -0.39 is 23.8 Å². The Labute approximate surface area is 110 Å². The maximum absolute atomic E-state index is 11.8. The zero-order valence-electron chi connectivity index (χ0n) is 10.5. The minimum absolute atomic E-state index is 0.0854. The van der Waals surface area contributed by atoms with Crippen molar-refractivity contribution in [3.8, 4) is 0 Å². The van der Waals surface area contributed by atoms with Crippen LogP contribution in [0.3, 0.4) is 0 Å². The number of carbonyl (C=O) groups excluding carboxylic acids is 3. The van der Waals surface area contributed by atoms with E-state index in [0.717, 1.165) is 5.75 Å². The number of hydrogen-bond acceptors (Lipinski definition) is 5. The number of methoxy groups -OCH3 is 1. The number of primary amides is 1. The van der Waals surface area contributed by atoms with Gasteiger partial charge in [0.1, 0.15) is 6.04 Å². The van der Waals surface area contributed by atoms with E-state index in [4.69, 9.17) is 10.5 Å². The van der Waals surface area contributed by atoms with Crippen LogP contribution >= 0.6 is 11.8 Å². The van der Waals surface area contributed by atoms with Gasteiger partial charge < -0.3 is 15.4 Å². The zero-order valence-corrected chi connectivity index (χ0v) is 11.4. The topological polar surface area (TPSA) is 89.7 Å². The number of carbonyl (C=O) groups is 3. The highest BCUT2D eigenvalue weighted by Gasteiger charge is 2.39. The third-order valence-corrected chi connectivity index (χ3v) is 3.65. The quantitative estimate of drug-likeness (QED) is 0.667. The maximum atomic E-state index is 11.8. The molecule has 1 heterocycles. The molecule has 0 radical (unpaired) electrons. The van der Waals surface area contributed by atoms with E-state index in [0.29, 0.717) is 6.42 Å². The van der Waals surface area contributed by atoms with Gasteiger partial charge in [-0.3, -0.25) is 9.59 Å². The first-order valence-electron chi connectivity index (χ1n) is 5.66. The van der Waals surface area contributed by atoms with Crippen LogP contribution < -0.4 is 5.73 Å². The summed E-state index contributed by atoms with van der Waals surface area (Å²) >= 11 is 1.59. The fourth-order valence-electron chi connectivity index (χ4n) is 1.99. The van der Waals surface area contributed by atoms with Gasteiger partial charge in [0.2, 0.25) is 11.8 Å². The van der Waals surface area contributed by atoms with Crippen LogP contribution in [-0.4, -0.2) is 54.4 Å². The van der Waals surface area contributed by atoms with Gasteiger partial charge in [-0.15, -0.1) is 0 Å². The SMILES string of the molecule is COC(=O)C(CCSC)N1CC(C(N)=O)CC1=O. The predicted octanol–water partition coefficient (Wildman–Crippen LogP) is -0.385. The first-order chi connectivity index (χ1) is 8.51. The molecule has 0 aromatic rings. The van der Waals surface area contributed by atoms with Gasteiger partial charge in [0.05, 0.1) is 13.0 Å². The molecule has 102 valence electrons. The van der Waals surface area contributed by atoms with Crippen molar-refractivity contribution in [2.45, 2.75) is 18.9 Å². The molecule has 1 fully saturated rings. The Kier molecular flexibility index (Phi) is 5.46. The standard InChI is InChI=1S/C11H18N2O4S/c1-17-11(16)8(3-4-18-2)13-6-7(10(12)15)5-9(13)14/h7-8H,3-6H2,1-2H3,(H2,12,15). The molecule has 1 aliphatic rings. The van der Waals surface area contributed by atoms with Crippen molar-refractivity contribution in [2.24, 2.45) is 11.7 Å². The maximum Gasteiger partial charge on any atom is 0.328 e. The molecule has 0 bridgehead atoms. The molecule has 1 rings (SSSR count). The van der Waals surface area contributed by atoms with Gasteiger partial charge in [0.25, 0.3) is 0 Å². The largest absolute Gasteiger partial charge is 0.467 e. The van der Waals surface area contributed by atoms with Crippen LogP contribution in [0.25, 0.3) is 0 Å². The fraction of sp³-hybridized carbons (Fsp3) is 0.727. The summed E-state index contributed by atoms with van der Waals surface area (Å²) in [5.41, 5.74) is 5.19. The molecule has 2 unspecified atom stereocenters. The average Bonchev–Trinajstić information content (AvgIpc) is 2.72. The molecule has 18 heavy (non-hydrogen) atoms. The monoisotopic (exact) mass is 274 g/mol. The normalized spacial score (nSPS) is 20.9. The number of esters is 1. The minimum Gasteiger partial charge on any atom is -0.467 e. The number of thioether (sulfide) groups is 1. The first kappa shape index (κ1) is 14.8. The Bertz CT molecular complexity index is 348. The van der Waals surface area contributed by atoms with E-state index in [1.807, 2.05) is 6.26 Å². The number of hydrogen-bond donors (Lipinski definition) is 1. The molecule has 0 spiro atoms. The number of nitrogens with two attached hydrogens (primary N) is 1. The Hall–Kier alpha value is -1.24. The van der Waals surface area contributed by atoms with Gasteiger partial charge in [-0.2, -0.15) is 11.8 Å². The minimum atomic E-state index is -0.612. The van der Waals surface area contributed by atoms with Crippen LogP contribution in [-0.2, 0) is 19.1 Å². The van der Waals surface area contributed by atoms with Crippen LogP contribution in [0.4, 0.5) is 0 Å². The summed E-state index contributed by atoms with van der Waals surface area (Å²) in [6, 6.07) is -0.612. The molecule has 1 saturated heterocycles. The Morgan fingerprint density at radius 3 is 2.72 bits per heavy atom. The number of ether oxygens (including phenoxy) is 1. The second-order valence-corrected chi connectivity index (χ2v) is 5.16. The molecule has 7 heteroatoms. The van der Waals surface area contributed by atoms with Crippen molar-refractivity contribution < 1.29 is 19.1 Å². The predicted molar refractivity (Wildman–Crippen MR) is 67.8 cm³/mol. The molecule has 0 aromatic heterocycles. The van der Waals surface area contributed by atoms with Gasteiger partial charge in [-0.25, -0.2) is 4.79 Å². The van der Waals surface area contributed by atoms with E-state index in [1.165, 1.54) is 12.0 Å². The molecule has 1 aliphatic heterocycles. The third-order valence-electron chi connectivity index (χ3n) is 3.01. The van der Waals surface area contributed by atoms with E-state index in [-0.39, 0.29) is 18.9 Å². The summed E-state index contributed by atoms with van der Waals surface area (Å²) in [6.07, 6.45) is 2.53. The van der Waals surface area contributed by atoms with Crippen LogP contribution in [0.15, 0.2) is 0 Å². The Morgan fingerprint density at radius 1 is 1.61 bits per heavy atom. The van der Waals surface area contributed by atoms with Crippen molar-refractivity contribution in [3.63, 3.8) is 0 Å². The molecule has 0 aliphatic carbocycles. The number of amides is 2. The van der Waals surface area contributed by atoms with Crippen molar-refractivity contribution in [3.05, 3.63) is 0 Å². The highest BCUT2D eigenvalue weighted by Crippen LogP contribution is 2.22. The number of nitrogens with zero attached hydrogens (tertiary/aromatic N) is 1. The molecule has 2 N–H and O–H groups in total. The summed E-state index contributed by atoms with van der Waals surface area (Å²) in [7, 11) is 1.29. The van der Waals surface area contributed by atoms with Crippen molar-refractivity contribution >= 4 is 29.5 Å². The van der Waals surface area contributed by atoms with Crippen molar-refractivity contribution in [2.75, 3.05) is 25.7 Å². The summed E-state index contributed by atoms with van der Waals surface area (Å²) in [4.78, 5) is 36.0. The van der Waals surface area contributed by atoms with Gasteiger partial charge in [-0.05, 0) is 18.4 Å². The third kappa shape index (κ3) is 3.38. The van der Waals surface area contributed by atoms with Crippen LogP contribution in [0.5, 0.6) is 0 Å². The summed E-state index contributed by atoms with van der Waals surface area (Å²) < 4.78 is 4.71. The summed E-state index contributed by atoms with van der Waals surface area (Å²) in [5.74, 6) is -0.916. The molecule has 0 aromatic carbocycles. The smallest absolute Gasteiger partial charge is 0.328 e. The lowest BCUT2D eigenvalue weighted by Crippen LogP contribution is -2.43. The van der Waals surface area contributed by atoms with Crippen LogP contribution in [0, 0.1) is 5.92 Å². The van der Waals surface area contributed by atoms with Crippen LogP contribution in [0.2, 0.25) is 0 Å². The van der Waals surface area contributed by atoms with E-state index in [2.05, 4.69) is 0 Å². The molecule has 0 saturated carbocycles. The number of likely N-dealkylation sites (tertiary alicyclic amines) is 1. The van der Waals surface area contributed by atoms with Crippen molar-refractivity contribution in [1.29, 1.82) is 0 Å². The van der Waals surface area contributed by atoms with Gasteiger partial charge in [0.15, 0.2) is 0 Å².